The number of quaternary nitrogens is 1. The van der Waals surface area contributed by atoms with Gasteiger partial charge in [-0.25, -0.2) is 4.57 Å². The van der Waals surface area contributed by atoms with Crippen molar-refractivity contribution >= 4 is 13.8 Å². The van der Waals surface area contributed by atoms with Gasteiger partial charge in [0, 0.05) is 13.0 Å². The summed E-state index contributed by atoms with van der Waals surface area (Å²) in [6.07, 6.45) is 68.9. The summed E-state index contributed by atoms with van der Waals surface area (Å²) in [5.41, 5.74) is 0. The molecule has 0 rings (SSSR count). The van der Waals surface area contributed by atoms with E-state index in [1.54, 1.807) is 0 Å². The normalized spacial score (nSPS) is 13.7. The van der Waals surface area contributed by atoms with E-state index in [2.05, 4.69) is 62.5 Å². The van der Waals surface area contributed by atoms with Gasteiger partial charge in [0.15, 0.2) is 0 Å². The van der Waals surface area contributed by atoms with Crippen LogP contribution in [0.2, 0.25) is 0 Å². The maximum atomic E-state index is 12.8. The van der Waals surface area contributed by atoms with Crippen molar-refractivity contribution in [2.45, 2.75) is 283 Å². The first kappa shape index (κ1) is 68.5. The highest BCUT2D eigenvalue weighted by Crippen LogP contribution is 2.43. The van der Waals surface area contributed by atoms with Crippen LogP contribution in [0, 0.1) is 0 Å². The topological polar surface area (TPSA) is 91.3 Å². The smallest absolute Gasteiger partial charge is 0.457 e. The zero-order chi connectivity index (χ0) is 51.2. The van der Waals surface area contributed by atoms with Crippen LogP contribution in [0.25, 0.3) is 0 Å². The number of carbonyl (C=O) groups is 1. The average molecular weight is 1010 g/mol. The molecule has 0 radical (unpaired) electrons. The van der Waals surface area contributed by atoms with Crippen LogP contribution in [-0.2, 0) is 27.9 Å². The molecular formula is C61H117NO7P+. The van der Waals surface area contributed by atoms with E-state index in [-0.39, 0.29) is 25.8 Å². The number of hydrogen-bond acceptors (Lipinski definition) is 6. The number of ether oxygens (including phenoxy) is 2. The first-order chi connectivity index (χ1) is 34.1. The van der Waals surface area contributed by atoms with Crippen molar-refractivity contribution in [3.63, 3.8) is 0 Å². The lowest BCUT2D eigenvalue weighted by molar-refractivity contribution is -0.870. The summed E-state index contributed by atoms with van der Waals surface area (Å²) in [5, 5.41) is 0. The predicted molar refractivity (Wildman–Crippen MR) is 303 cm³/mol. The quantitative estimate of drug-likeness (QED) is 0.0213. The number of phosphoric ester groups is 1. The van der Waals surface area contributed by atoms with E-state index < -0.39 is 13.9 Å². The molecule has 8 nitrogen and oxygen atoms in total. The Kier molecular flexibility index (Phi) is 52.6. The van der Waals surface area contributed by atoms with E-state index in [0.29, 0.717) is 24.1 Å². The van der Waals surface area contributed by atoms with Crippen molar-refractivity contribution in [2.24, 2.45) is 0 Å². The molecule has 0 aliphatic rings. The molecule has 1 N–H and O–H groups in total. The third-order valence-corrected chi connectivity index (χ3v) is 14.1. The zero-order valence-corrected chi connectivity index (χ0v) is 47.9. The third kappa shape index (κ3) is 57.4. The van der Waals surface area contributed by atoms with Gasteiger partial charge in [0.25, 0.3) is 0 Å². The number of carbonyl (C=O) groups excluding carboxylic acids is 1. The Labute approximate surface area is 435 Å². The standard InChI is InChI=1S/C61H116NO7P/c1-6-8-10-12-14-16-18-20-22-24-26-28-30-31-32-34-36-38-40-42-44-46-48-50-52-54-61(63)69-60(59-68-70(64,65)67-57-55-62(3,4)5)58-66-56-53-51-49-47-45-43-41-39-37-35-33-29-27-25-23-21-19-17-15-13-11-9-7-2/h8,10,14,16,20,22,26,28,60H,6-7,9,11-13,15,17-19,21,23-25,27,29-59H2,1-5H3/p+1/b10-8-,16-14-,22-20-,28-26-. The monoisotopic (exact) mass is 1010 g/mol. The van der Waals surface area contributed by atoms with Gasteiger partial charge in [-0.2, -0.15) is 0 Å². The van der Waals surface area contributed by atoms with Gasteiger partial charge >= 0.3 is 13.8 Å². The molecule has 0 aromatic heterocycles. The summed E-state index contributed by atoms with van der Waals surface area (Å²) in [6.45, 7) is 5.57. The van der Waals surface area contributed by atoms with Crippen LogP contribution >= 0.6 is 7.82 Å². The van der Waals surface area contributed by atoms with E-state index >= 15 is 0 Å². The molecule has 0 fully saturated rings. The second-order valence-electron chi connectivity index (χ2n) is 21.4. The molecule has 9 heteroatoms. The minimum absolute atomic E-state index is 0.0893. The molecule has 0 aromatic carbocycles. The highest BCUT2D eigenvalue weighted by molar-refractivity contribution is 7.47. The van der Waals surface area contributed by atoms with Crippen molar-refractivity contribution in [1.82, 2.24) is 0 Å². The summed E-state index contributed by atoms with van der Waals surface area (Å²) in [7, 11) is 1.68. The molecule has 0 saturated carbocycles. The summed E-state index contributed by atoms with van der Waals surface area (Å²) in [5.74, 6) is -0.311. The third-order valence-electron chi connectivity index (χ3n) is 13.2. The Hall–Kier alpha value is -1.54. The summed E-state index contributed by atoms with van der Waals surface area (Å²) in [6, 6.07) is 0. The zero-order valence-electron chi connectivity index (χ0n) is 47.0. The molecule has 0 spiro atoms. The number of esters is 1. The number of hydrogen-bond donors (Lipinski definition) is 1. The minimum Gasteiger partial charge on any atom is -0.457 e. The lowest BCUT2D eigenvalue weighted by Gasteiger charge is -2.24. The lowest BCUT2D eigenvalue weighted by Crippen LogP contribution is -2.37. The first-order valence-corrected chi connectivity index (χ1v) is 31.4. The van der Waals surface area contributed by atoms with Crippen LogP contribution < -0.4 is 0 Å². The van der Waals surface area contributed by atoms with E-state index in [0.717, 1.165) is 57.8 Å². The van der Waals surface area contributed by atoms with Crippen LogP contribution in [0.5, 0.6) is 0 Å². The molecule has 0 aromatic rings. The van der Waals surface area contributed by atoms with Gasteiger partial charge < -0.3 is 18.9 Å². The maximum Gasteiger partial charge on any atom is 0.472 e. The molecule has 2 unspecified atom stereocenters. The number of likely N-dealkylation sites (N-methyl/N-ethyl adjacent to an activating group) is 1. The average Bonchev–Trinajstić information content (AvgIpc) is 3.32. The highest BCUT2D eigenvalue weighted by atomic mass is 31.2. The highest BCUT2D eigenvalue weighted by Gasteiger charge is 2.26. The molecule has 0 aliphatic carbocycles. The molecule has 2 atom stereocenters. The summed E-state index contributed by atoms with van der Waals surface area (Å²) < 4.78 is 35.3. The van der Waals surface area contributed by atoms with Crippen LogP contribution in [0.3, 0.4) is 0 Å². The molecule has 0 aliphatic heterocycles. The van der Waals surface area contributed by atoms with Crippen LogP contribution in [0.1, 0.15) is 277 Å². The Morgan fingerprint density at radius 2 is 0.829 bits per heavy atom. The lowest BCUT2D eigenvalue weighted by atomic mass is 10.0. The fourth-order valence-corrected chi connectivity index (χ4v) is 9.35. The van der Waals surface area contributed by atoms with Crippen molar-refractivity contribution < 1.29 is 37.3 Å². The van der Waals surface area contributed by atoms with Gasteiger partial charge in [0.05, 0.1) is 34.4 Å². The van der Waals surface area contributed by atoms with E-state index in [4.69, 9.17) is 18.5 Å². The number of phosphoric acid groups is 1. The van der Waals surface area contributed by atoms with E-state index in [1.165, 1.54) is 199 Å². The van der Waals surface area contributed by atoms with Gasteiger partial charge in [-0.1, -0.05) is 268 Å². The first-order valence-electron chi connectivity index (χ1n) is 29.9. The SMILES string of the molecule is CC/C=C\C/C=C\C/C=C\C/C=C\CCCCCCCCCCCCCCC(=O)OC(COCCCCCCCCCCCCCCCCCCCCCCCCC)COP(=O)(O)OCC[N+](C)(C)C. The largest absolute Gasteiger partial charge is 0.472 e. The summed E-state index contributed by atoms with van der Waals surface area (Å²) >= 11 is 0. The van der Waals surface area contributed by atoms with Gasteiger partial charge in [-0.15, -0.1) is 0 Å². The molecule has 0 amide bonds. The predicted octanol–water partition coefficient (Wildman–Crippen LogP) is 19.0. The maximum absolute atomic E-state index is 12.8. The van der Waals surface area contributed by atoms with Crippen LogP contribution in [0.4, 0.5) is 0 Å². The Balaban J connectivity index is 4.03. The van der Waals surface area contributed by atoms with Gasteiger partial charge in [0.2, 0.25) is 0 Å². The molecule has 0 saturated heterocycles. The molecule has 412 valence electrons. The number of rotatable bonds is 56. The van der Waals surface area contributed by atoms with Gasteiger partial charge in [0.1, 0.15) is 19.3 Å². The Morgan fingerprint density at radius 1 is 0.457 bits per heavy atom. The number of allylic oxidation sites excluding steroid dienone is 8. The fraction of sp³-hybridized carbons (Fsp3) is 0.852. The molecular weight excluding hydrogens is 890 g/mol. The van der Waals surface area contributed by atoms with Crippen molar-refractivity contribution in [1.29, 1.82) is 0 Å². The molecule has 70 heavy (non-hydrogen) atoms. The Morgan fingerprint density at radius 3 is 1.24 bits per heavy atom. The van der Waals surface area contributed by atoms with Crippen molar-refractivity contribution in [2.75, 3.05) is 54.1 Å². The number of nitrogens with zero attached hydrogens (tertiary/aromatic N) is 1. The van der Waals surface area contributed by atoms with E-state index in [9.17, 15) is 14.3 Å². The second kappa shape index (κ2) is 53.7. The Bertz CT molecular complexity index is 1260. The minimum atomic E-state index is -4.29. The number of unbranched alkanes of at least 4 members (excludes halogenated alkanes) is 34. The van der Waals surface area contributed by atoms with Crippen LogP contribution in [0.15, 0.2) is 48.6 Å². The van der Waals surface area contributed by atoms with E-state index in [1.807, 2.05) is 21.1 Å². The molecule has 0 bridgehead atoms. The second-order valence-corrected chi connectivity index (χ2v) is 22.8. The van der Waals surface area contributed by atoms with Crippen LogP contribution in [-0.4, -0.2) is 75.6 Å². The van der Waals surface area contributed by atoms with Crippen molar-refractivity contribution in [3.8, 4) is 0 Å². The van der Waals surface area contributed by atoms with Gasteiger partial charge in [-0.3, -0.25) is 13.8 Å². The van der Waals surface area contributed by atoms with Crippen molar-refractivity contribution in [3.05, 3.63) is 48.6 Å². The summed E-state index contributed by atoms with van der Waals surface area (Å²) in [4.78, 5) is 23.1. The fourth-order valence-electron chi connectivity index (χ4n) is 8.61. The molecule has 0 heterocycles. The van der Waals surface area contributed by atoms with Gasteiger partial charge in [-0.05, 0) is 51.4 Å².